The fourth-order valence-electron chi connectivity index (χ4n) is 5.74. The first kappa shape index (κ1) is 26.1. The van der Waals surface area contributed by atoms with Gasteiger partial charge in [0.25, 0.3) is 0 Å². The minimum absolute atomic E-state index is 0.154. The van der Waals surface area contributed by atoms with Gasteiger partial charge < -0.3 is 19.1 Å². The molecule has 0 bridgehead atoms. The fraction of sp³-hybridized carbons (Fsp3) is 0.355. The lowest BCUT2D eigenvalue weighted by Gasteiger charge is -2.32. The van der Waals surface area contributed by atoms with Crippen molar-refractivity contribution < 1.29 is 19.4 Å². The molecule has 7 rings (SSSR count). The van der Waals surface area contributed by atoms with Gasteiger partial charge in [-0.25, -0.2) is 14.8 Å². The lowest BCUT2D eigenvalue weighted by molar-refractivity contribution is -0.0592. The van der Waals surface area contributed by atoms with Crippen LogP contribution in [0.3, 0.4) is 0 Å². The van der Waals surface area contributed by atoms with Gasteiger partial charge in [0, 0.05) is 41.6 Å². The molecule has 0 aliphatic carbocycles. The summed E-state index contributed by atoms with van der Waals surface area (Å²) in [6.45, 7) is 4.57. The first-order valence-corrected chi connectivity index (χ1v) is 14.9. The Hall–Kier alpha value is -3.86. The predicted octanol–water partition coefficient (Wildman–Crippen LogP) is 5.49. The molecule has 210 valence electrons. The second-order valence-corrected chi connectivity index (χ2v) is 12.0. The highest BCUT2D eigenvalue weighted by molar-refractivity contribution is 7.19. The molecule has 9 nitrogen and oxygen atoms in total. The number of likely N-dealkylation sites (tertiary alicyclic amines) is 1. The summed E-state index contributed by atoms with van der Waals surface area (Å²) in [5, 5.41) is 10.7. The van der Waals surface area contributed by atoms with E-state index in [-0.39, 0.29) is 11.7 Å². The Kier molecular flexibility index (Phi) is 7.12. The number of hydrogen-bond acceptors (Lipinski definition) is 8. The number of thiophene rings is 1. The molecule has 2 aliphatic rings. The van der Waals surface area contributed by atoms with Crippen molar-refractivity contribution in [2.75, 3.05) is 19.7 Å². The van der Waals surface area contributed by atoms with Crippen LogP contribution in [-0.2, 0) is 24.4 Å². The van der Waals surface area contributed by atoms with E-state index in [0.717, 1.165) is 77.6 Å². The molecule has 4 aromatic heterocycles. The molecule has 0 saturated carbocycles. The molecule has 1 aromatic carbocycles. The Morgan fingerprint density at radius 1 is 1.10 bits per heavy atom. The van der Waals surface area contributed by atoms with Crippen molar-refractivity contribution in [1.29, 1.82) is 0 Å². The van der Waals surface area contributed by atoms with Crippen LogP contribution in [0.2, 0.25) is 0 Å². The number of nitrogens with zero attached hydrogens (tertiary/aromatic N) is 5. The number of imidazole rings is 1. The average Bonchev–Trinajstić information content (AvgIpc) is 3.54. The number of benzene rings is 1. The minimum atomic E-state index is -0.927. The number of carboxylic acid groups (broad SMARTS) is 1. The first-order valence-electron chi connectivity index (χ1n) is 14.1. The summed E-state index contributed by atoms with van der Waals surface area (Å²) in [5.41, 5.74) is 3.05. The zero-order chi connectivity index (χ0) is 27.8. The Morgan fingerprint density at radius 3 is 2.76 bits per heavy atom. The topological polar surface area (TPSA) is 103 Å². The second-order valence-electron chi connectivity index (χ2n) is 10.8. The third-order valence-electron chi connectivity index (χ3n) is 8.11. The summed E-state index contributed by atoms with van der Waals surface area (Å²) in [6.07, 6.45) is 6.89. The largest absolute Gasteiger partial charge is 0.478 e. The first-order chi connectivity index (χ1) is 20.1. The molecule has 6 heterocycles. The number of ether oxygens (including phenoxy) is 2. The summed E-state index contributed by atoms with van der Waals surface area (Å²) in [4.78, 5) is 29.2. The number of aromatic carboxylic acids is 1. The van der Waals surface area contributed by atoms with E-state index < -0.39 is 5.97 Å². The number of hydrogen-bond donors (Lipinski definition) is 1. The van der Waals surface area contributed by atoms with E-state index in [9.17, 15) is 9.90 Å². The normalized spacial score (nSPS) is 18.1. The number of piperidine rings is 1. The van der Waals surface area contributed by atoms with Gasteiger partial charge in [-0.15, -0.1) is 11.3 Å². The molecule has 1 atom stereocenters. The maximum Gasteiger partial charge on any atom is 0.335 e. The number of rotatable bonds is 9. The molecule has 10 heteroatoms. The molecule has 0 amide bonds. The molecule has 0 spiro atoms. The molecule has 2 aliphatic heterocycles. The maximum absolute atomic E-state index is 11.6. The van der Waals surface area contributed by atoms with Crippen LogP contribution < -0.4 is 4.74 Å². The standard InChI is InChI=1S/C31H31N5O4S/c37-31(38)22-4-5-26-27(15-22)36(17-23-9-13-39-23)29(33-26)18-35-11-7-20(8-12-35)25-2-1-3-30(34-25)40-19-24-14-21-6-10-32-16-28(21)41-24/h1-6,10,14-16,20,23H,7-9,11-13,17-19H2,(H,37,38)/t23-/m0/s1. The fourth-order valence-corrected chi connectivity index (χ4v) is 6.69. The van der Waals surface area contributed by atoms with Crippen LogP contribution in [0, 0.1) is 0 Å². The Morgan fingerprint density at radius 2 is 1.98 bits per heavy atom. The van der Waals surface area contributed by atoms with E-state index in [0.29, 0.717) is 24.9 Å². The Bertz CT molecular complexity index is 1670. The van der Waals surface area contributed by atoms with Crippen LogP contribution in [0.1, 0.15) is 51.9 Å². The smallest absolute Gasteiger partial charge is 0.335 e. The summed E-state index contributed by atoms with van der Waals surface area (Å²) in [7, 11) is 0. The quantitative estimate of drug-likeness (QED) is 0.249. The van der Waals surface area contributed by atoms with Crippen LogP contribution in [0.5, 0.6) is 5.88 Å². The Balaban J connectivity index is 1.00. The number of carboxylic acids is 1. The molecular formula is C31H31N5O4S. The van der Waals surface area contributed by atoms with Gasteiger partial charge in [-0.3, -0.25) is 9.88 Å². The molecular weight excluding hydrogens is 538 g/mol. The van der Waals surface area contributed by atoms with Crippen LogP contribution in [0.15, 0.2) is 60.9 Å². The van der Waals surface area contributed by atoms with Gasteiger partial charge in [0.2, 0.25) is 5.88 Å². The van der Waals surface area contributed by atoms with E-state index in [1.54, 1.807) is 23.5 Å². The van der Waals surface area contributed by atoms with Crippen LogP contribution in [0.4, 0.5) is 0 Å². The molecule has 2 fully saturated rings. The van der Waals surface area contributed by atoms with Crippen molar-refractivity contribution in [3.8, 4) is 5.88 Å². The third-order valence-corrected chi connectivity index (χ3v) is 9.17. The van der Waals surface area contributed by atoms with Crippen LogP contribution >= 0.6 is 11.3 Å². The predicted molar refractivity (Wildman–Crippen MR) is 156 cm³/mol. The van der Waals surface area contributed by atoms with Crippen molar-refractivity contribution in [1.82, 2.24) is 24.4 Å². The lowest BCUT2D eigenvalue weighted by Crippen LogP contribution is -2.35. The van der Waals surface area contributed by atoms with E-state index >= 15 is 0 Å². The zero-order valence-corrected chi connectivity index (χ0v) is 23.4. The zero-order valence-electron chi connectivity index (χ0n) is 22.6. The SMILES string of the molecule is O=C(O)c1ccc2nc(CN3CCC(c4cccc(OCc5cc6ccncc6s5)n4)CC3)n(C[C@@H]3CCO3)c2c1. The summed E-state index contributed by atoms with van der Waals surface area (Å²) >= 11 is 1.70. The molecule has 0 unspecified atom stereocenters. The molecule has 1 N–H and O–H groups in total. The highest BCUT2D eigenvalue weighted by Gasteiger charge is 2.26. The lowest BCUT2D eigenvalue weighted by atomic mass is 9.93. The van der Waals surface area contributed by atoms with Gasteiger partial charge >= 0.3 is 5.97 Å². The number of pyridine rings is 2. The van der Waals surface area contributed by atoms with Gasteiger partial charge in [-0.2, -0.15) is 0 Å². The van der Waals surface area contributed by atoms with Crippen molar-refractivity contribution in [3.05, 3.63) is 82.9 Å². The van der Waals surface area contributed by atoms with Crippen LogP contribution in [-0.4, -0.2) is 61.3 Å². The average molecular weight is 570 g/mol. The number of aromatic nitrogens is 4. The summed E-state index contributed by atoms with van der Waals surface area (Å²) in [6, 6.07) is 15.4. The van der Waals surface area contributed by atoms with Crippen molar-refractivity contribution in [2.24, 2.45) is 0 Å². The van der Waals surface area contributed by atoms with E-state index in [2.05, 4.69) is 26.6 Å². The molecule has 2 saturated heterocycles. The third kappa shape index (κ3) is 5.55. The van der Waals surface area contributed by atoms with Crippen LogP contribution in [0.25, 0.3) is 21.1 Å². The summed E-state index contributed by atoms with van der Waals surface area (Å²) in [5.74, 6) is 1.07. The maximum atomic E-state index is 11.6. The number of carbonyl (C=O) groups is 1. The van der Waals surface area contributed by atoms with Crippen molar-refractivity contribution in [2.45, 2.75) is 51.0 Å². The van der Waals surface area contributed by atoms with Gasteiger partial charge in [0.1, 0.15) is 12.4 Å². The highest BCUT2D eigenvalue weighted by atomic mass is 32.1. The van der Waals surface area contributed by atoms with E-state index in [1.807, 2.05) is 36.7 Å². The summed E-state index contributed by atoms with van der Waals surface area (Å²) < 4.78 is 15.1. The Labute approximate surface area is 241 Å². The van der Waals surface area contributed by atoms with Gasteiger partial charge in [0.05, 0.1) is 40.5 Å². The van der Waals surface area contributed by atoms with Gasteiger partial charge in [0.15, 0.2) is 0 Å². The van der Waals surface area contributed by atoms with Crippen molar-refractivity contribution >= 4 is 38.4 Å². The van der Waals surface area contributed by atoms with Gasteiger partial charge in [-0.1, -0.05) is 6.07 Å². The van der Waals surface area contributed by atoms with Gasteiger partial charge in [-0.05, 0) is 74.1 Å². The number of fused-ring (bicyclic) bond motifs is 2. The highest BCUT2D eigenvalue weighted by Crippen LogP contribution is 2.30. The van der Waals surface area contributed by atoms with E-state index in [1.165, 1.54) is 5.39 Å². The molecule has 0 radical (unpaired) electrons. The molecule has 41 heavy (non-hydrogen) atoms. The second kappa shape index (κ2) is 11.2. The minimum Gasteiger partial charge on any atom is -0.478 e. The molecule has 5 aromatic rings. The monoisotopic (exact) mass is 569 g/mol. The van der Waals surface area contributed by atoms with E-state index in [4.69, 9.17) is 19.4 Å². The van der Waals surface area contributed by atoms with Crippen molar-refractivity contribution in [3.63, 3.8) is 0 Å².